The van der Waals surface area contributed by atoms with Gasteiger partial charge in [0.15, 0.2) is 5.58 Å². The predicted octanol–water partition coefficient (Wildman–Crippen LogP) is 2.42. The largest absolute Gasteiger partial charge is 0.478 e. The summed E-state index contributed by atoms with van der Waals surface area (Å²) in [7, 11) is 2.14. The average Bonchev–Trinajstić information content (AvgIpc) is 2.88. The number of carboxylic acids is 1. The molecule has 0 aliphatic carbocycles. The predicted molar refractivity (Wildman–Crippen MR) is 79.7 cm³/mol. The summed E-state index contributed by atoms with van der Waals surface area (Å²) in [6.45, 7) is 1.91. The molecule has 0 saturated carbocycles. The second kappa shape index (κ2) is 5.73. The Kier molecular flexibility index (Phi) is 3.79. The lowest BCUT2D eigenvalue weighted by atomic mass is 10.0. The highest BCUT2D eigenvalue weighted by atomic mass is 16.4. The number of nitrogens with one attached hydrogen (secondary N) is 1. The second-order valence-corrected chi connectivity index (χ2v) is 5.52. The number of carboxylic acid groups (broad SMARTS) is 1. The summed E-state index contributed by atoms with van der Waals surface area (Å²) >= 11 is 0. The van der Waals surface area contributed by atoms with Crippen LogP contribution in [-0.4, -0.2) is 47.1 Å². The number of anilines is 1. The molecule has 1 fully saturated rings. The topological polar surface area (TPSA) is 78.6 Å². The molecule has 0 bridgehead atoms. The number of carbonyl (C=O) groups is 1. The Morgan fingerprint density at radius 3 is 3.14 bits per heavy atom. The van der Waals surface area contributed by atoms with E-state index < -0.39 is 5.97 Å². The van der Waals surface area contributed by atoms with E-state index in [2.05, 4.69) is 22.2 Å². The van der Waals surface area contributed by atoms with Gasteiger partial charge in [-0.25, -0.2) is 4.79 Å². The van der Waals surface area contributed by atoms with E-state index in [4.69, 9.17) is 9.52 Å². The quantitative estimate of drug-likeness (QED) is 0.900. The molecule has 2 aromatic rings. The number of piperidine rings is 1. The molecule has 0 spiro atoms. The molecule has 112 valence electrons. The second-order valence-electron chi connectivity index (χ2n) is 5.52. The number of oxazole rings is 1. The average molecular weight is 289 g/mol. The Morgan fingerprint density at radius 1 is 1.52 bits per heavy atom. The maximum absolute atomic E-state index is 10.9. The van der Waals surface area contributed by atoms with E-state index in [1.807, 2.05) is 0 Å². The first kappa shape index (κ1) is 13.9. The first-order valence-electron chi connectivity index (χ1n) is 7.21. The number of likely N-dealkylation sites (tertiary alicyclic amines) is 1. The molecule has 6 heteroatoms. The van der Waals surface area contributed by atoms with Crippen molar-refractivity contribution in [2.75, 3.05) is 25.5 Å². The van der Waals surface area contributed by atoms with Gasteiger partial charge in [-0.3, -0.25) is 0 Å². The minimum atomic E-state index is -0.966. The van der Waals surface area contributed by atoms with Gasteiger partial charge in [-0.2, -0.15) is 4.98 Å². The third-order valence-electron chi connectivity index (χ3n) is 4.05. The van der Waals surface area contributed by atoms with E-state index in [1.165, 1.54) is 31.4 Å². The molecule has 1 aliphatic heterocycles. The number of likely N-dealkylation sites (N-methyl/N-ethyl adjacent to an activating group) is 1. The minimum absolute atomic E-state index is 0.206. The summed E-state index contributed by atoms with van der Waals surface area (Å²) in [5.74, 6) is -0.966. The number of hydrogen-bond acceptors (Lipinski definition) is 5. The van der Waals surface area contributed by atoms with Crippen molar-refractivity contribution < 1.29 is 14.3 Å². The number of aromatic carboxylic acids is 1. The fourth-order valence-corrected chi connectivity index (χ4v) is 2.74. The molecule has 0 amide bonds. The third-order valence-corrected chi connectivity index (χ3v) is 4.05. The standard InChI is InChI=1S/C15H19N3O3/c1-18-7-3-2-4-11(18)9-16-15-17-12-6-5-10(14(19)20)8-13(12)21-15/h5-6,8,11H,2-4,7,9H2,1H3,(H,16,17)(H,19,20). The Bertz CT molecular complexity index is 653. The number of hydrogen-bond donors (Lipinski definition) is 2. The van der Waals surface area contributed by atoms with Crippen LogP contribution in [-0.2, 0) is 0 Å². The molecule has 1 unspecified atom stereocenters. The van der Waals surface area contributed by atoms with E-state index in [9.17, 15) is 4.79 Å². The zero-order valence-electron chi connectivity index (χ0n) is 12.0. The van der Waals surface area contributed by atoms with E-state index in [0.717, 1.165) is 13.1 Å². The fourth-order valence-electron chi connectivity index (χ4n) is 2.74. The van der Waals surface area contributed by atoms with Crippen molar-refractivity contribution in [3.8, 4) is 0 Å². The molecule has 2 heterocycles. The third kappa shape index (κ3) is 3.00. The van der Waals surface area contributed by atoms with Crippen molar-refractivity contribution in [3.05, 3.63) is 23.8 Å². The zero-order chi connectivity index (χ0) is 14.8. The summed E-state index contributed by atoms with van der Waals surface area (Å²) in [5.41, 5.74) is 1.37. The summed E-state index contributed by atoms with van der Waals surface area (Å²) in [4.78, 5) is 17.6. The molecule has 2 N–H and O–H groups in total. The van der Waals surface area contributed by atoms with Crippen LogP contribution >= 0.6 is 0 Å². The Morgan fingerprint density at radius 2 is 2.38 bits per heavy atom. The van der Waals surface area contributed by atoms with Gasteiger partial charge in [-0.05, 0) is 44.6 Å². The van der Waals surface area contributed by atoms with Gasteiger partial charge in [0.2, 0.25) is 0 Å². The normalized spacial score (nSPS) is 19.8. The number of benzene rings is 1. The van der Waals surface area contributed by atoms with Crippen molar-refractivity contribution in [1.82, 2.24) is 9.88 Å². The van der Waals surface area contributed by atoms with E-state index in [1.54, 1.807) is 6.07 Å². The Hall–Kier alpha value is -2.08. The first-order chi connectivity index (χ1) is 10.1. The van der Waals surface area contributed by atoms with Crippen LogP contribution in [0.1, 0.15) is 29.6 Å². The lowest BCUT2D eigenvalue weighted by molar-refractivity contribution is 0.0697. The first-order valence-corrected chi connectivity index (χ1v) is 7.21. The molecular weight excluding hydrogens is 270 g/mol. The fraction of sp³-hybridized carbons (Fsp3) is 0.467. The van der Waals surface area contributed by atoms with Gasteiger partial charge in [0.25, 0.3) is 6.01 Å². The summed E-state index contributed by atoms with van der Waals surface area (Å²) in [6.07, 6.45) is 3.69. The molecule has 1 aromatic heterocycles. The highest BCUT2D eigenvalue weighted by molar-refractivity contribution is 5.92. The van der Waals surface area contributed by atoms with Gasteiger partial charge < -0.3 is 19.7 Å². The summed E-state index contributed by atoms with van der Waals surface area (Å²) in [6, 6.07) is 5.64. The zero-order valence-corrected chi connectivity index (χ0v) is 12.0. The van der Waals surface area contributed by atoms with Gasteiger partial charge in [0.1, 0.15) is 5.52 Å². The van der Waals surface area contributed by atoms with E-state index in [0.29, 0.717) is 23.2 Å². The van der Waals surface area contributed by atoms with Gasteiger partial charge in [-0.15, -0.1) is 0 Å². The highest BCUT2D eigenvalue weighted by Crippen LogP contribution is 2.21. The lowest BCUT2D eigenvalue weighted by Gasteiger charge is -2.32. The minimum Gasteiger partial charge on any atom is -0.478 e. The SMILES string of the molecule is CN1CCCCC1CNc1nc2ccc(C(=O)O)cc2o1. The van der Waals surface area contributed by atoms with Crippen LogP contribution in [0.2, 0.25) is 0 Å². The molecular formula is C15H19N3O3. The molecule has 6 nitrogen and oxygen atoms in total. The van der Waals surface area contributed by atoms with Crippen molar-refractivity contribution in [1.29, 1.82) is 0 Å². The van der Waals surface area contributed by atoms with Gasteiger partial charge in [0, 0.05) is 12.6 Å². The van der Waals surface area contributed by atoms with Gasteiger partial charge >= 0.3 is 5.97 Å². The van der Waals surface area contributed by atoms with Crippen molar-refractivity contribution in [2.24, 2.45) is 0 Å². The summed E-state index contributed by atoms with van der Waals surface area (Å²) in [5, 5.41) is 12.2. The van der Waals surface area contributed by atoms with Gasteiger partial charge in [0.05, 0.1) is 5.56 Å². The molecule has 1 aromatic carbocycles. The van der Waals surface area contributed by atoms with E-state index >= 15 is 0 Å². The molecule has 3 rings (SSSR count). The van der Waals surface area contributed by atoms with Crippen LogP contribution in [0.3, 0.4) is 0 Å². The molecule has 0 radical (unpaired) electrons. The molecule has 21 heavy (non-hydrogen) atoms. The van der Waals surface area contributed by atoms with Crippen LogP contribution in [0.4, 0.5) is 6.01 Å². The smallest absolute Gasteiger partial charge is 0.335 e. The Labute approximate surface area is 122 Å². The number of nitrogens with zero attached hydrogens (tertiary/aromatic N) is 2. The van der Waals surface area contributed by atoms with Crippen molar-refractivity contribution in [2.45, 2.75) is 25.3 Å². The number of fused-ring (bicyclic) bond motifs is 1. The number of aromatic nitrogens is 1. The number of rotatable bonds is 4. The van der Waals surface area contributed by atoms with Crippen molar-refractivity contribution in [3.63, 3.8) is 0 Å². The van der Waals surface area contributed by atoms with Crippen LogP contribution in [0, 0.1) is 0 Å². The highest BCUT2D eigenvalue weighted by Gasteiger charge is 2.19. The monoisotopic (exact) mass is 289 g/mol. The van der Waals surface area contributed by atoms with Crippen LogP contribution in [0.5, 0.6) is 0 Å². The maximum Gasteiger partial charge on any atom is 0.335 e. The van der Waals surface area contributed by atoms with E-state index in [-0.39, 0.29) is 5.56 Å². The lowest BCUT2D eigenvalue weighted by Crippen LogP contribution is -2.40. The summed E-state index contributed by atoms with van der Waals surface area (Å²) < 4.78 is 5.58. The van der Waals surface area contributed by atoms with Crippen molar-refractivity contribution >= 4 is 23.1 Å². The van der Waals surface area contributed by atoms with Crippen LogP contribution < -0.4 is 5.32 Å². The van der Waals surface area contributed by atoms with Gasteiger partial charge in [-0.1, -0.05) is 6.42 Å². The Balaban J connectivity index is 1.71. The molecule has 1 saturated heterocycles. The van der Waals surface area contributed by atoms with Crippen LogP contribution in [0.15, 0.2) is 22.6 Å². The van der Waals surface area contributed by atoms with Crippen LogP contribution in [0.25, 0.3) is 11.1 Å². The molecule has 1 atom stereocenters. The molecule has 1 aliphatic rings. The maximum atomic E-state index is 10.9.